The molecule has 2 fully saturated rings. The van der Waals surface area contributed by atoms with Crippen LogP contribution in [0.4, 0.5) is 5.69 Å². The van der Waals surface area contributed by atoms with Crippen LogP contribution in [0, 0.1) is 5.92 Å². The number of nitrogen functional groups attached to an aromatic ring is 1. The summed E-state index contributed by atoms with van der Waals surface area (Å²) < 4.78 is 17.9. The molecule has 0 saturated carbocycles. The fourth-order valence-corrected chi connectivity index (χ4v) is 6.12. The molecule has 6 nitrogen and oxygen atoms in total. The number of methoxy groups -OCH3 is 1. The molecule has 3 rings (SSSR count). The topological polar surface area (TPSA) is 90.6 Å². The maximum absolute atomic E-state index is 13.5. The lowest BCUT2D eigenvalue weighted by Gasteiger charge is -2.45. The summed E-state index contributed by atoms with van der Waals surface area (Å²) in [5.41, 5.74) is 6.61. The highest BCUT2D eigenvalue weighted by Gasteiger charge is 2.49. The van der Waals surface area contributed by atoms with Gasteiger partial charge in [-0.1, -0.05) is 26.7 Å². The van der Waals surface area contributed by atoms with Gasteiger partial charge in [-0.25, -0.2) is 0 Å². The molecule has 0 spiro atoms. The molecule has 2 aliphatic rings. The summed E-state index contributed by atoms with van der Waals surface area (Å²) in [6.45, 7) is 7.41. The lowest BCUT2D eigenvalue weighted by molar-refractivity contribution is 0.0232. The summed E-state index contributed by atoms with van der Waals surface area (Å²) in [5.74, 6) is 1.44. The largest absolute Gasteiger partial charge is 0.611 e. The Balaban J connectivity index is 1.80. The van der Waals surface area contributed by atoms with Gasteiger partial charge >= 0.3 is 0 Å². The summed E-state index contributed by atoms with van der Waals surface area (Å²) in [6, 6.07) is 3.84. The number of hydrogen-bond donors (Lipinski definition) is 2. The molecule has 3 atom stereocenters. The molecule has 2 aliphatic heterocycles. The molecule has 2 saturated heterocycles. The van der Waals surface area contributed by atoms with E-state index in [4.69, 9.17) is 10.5 Å². The Bertz CT molecular complexity index is 769. The molecule has 0 aromatic heterocycles. The average molecular weight is 450 g/mol. The van der Waals surface area contributed by atoms with Crippen molar-refractivity contribution in [3.8, 4) is 5.75 Å². The van der Waals surface area contributed by atoms with Crippen LogP contribution in [0.15, 0.2) is 17.0 Å². The normalized spacial score (nSPS) is 24.4. The minimum absolute atomic E-state index is 0.166. The van der Waals surface area contributed by atoms with Crippen LogP contribution in [0.25, 0.3) is 0 Å². The molecule has 0 radical (unpaired) electrons. The molecule has 0 aliphatic carbocycles. The fourth-order valence-electron chi connectivity index (χ4n) is 5.23. The van der Waals surface area contributed by atoms with E-state index in [-0.39, 0.29) is 11.6 Å². The summed E-state index contributed by atoms with van der Waals surface area (Å²) >= 11 is -1.24. The second-order valence-corrected chi connectivity index (χ2v) is 11.1. The van der Waals surface area contributed by atoms with Crippen molar-refractivity contribution in [1.29, 1.82) is 0 Å². The number of nitrogens with two attached hydrogens (primary N) is 1. The zero-order valence-electron chi connectivity index (χ0n) is 19.5. The van der Waals surface area contributed by atoms with Crippen molar-refractivity contribution in [2.45, 2.75) is 88.7 Å². The lowest BCUT2D eigenvalue weighted by atomic mass is 9.95. The fraction of sp³-hybridized carbons (Fsp3) is 0.708. The van der Waals surface area contributed by atoms with Crippen molar-refractivity contribution in [3.63, 3.8) is 0 Å². The van der Waals surface area contributed by atoms with Gasteiger partial charge in [0.25, 0.3) is 5.91 Å². The zero-order chi connectivity index (χ0) is 22.6. The third-order valence-corrected chi connectivity index (χ3v) is 8.24. The van der Waals surface area contributed by atoms with E-state index in [1.165, 1.54) is 26.4 Å². The molecule has 174 valence electrons. The van der Waals surface area contributed by atoms with Gasteiger partial charge < -0.3 is 20.3 Å². The molecular weight excluding hydrogens is 410 g/mol. The highest BCUT2D eigenvalue weighted by Crippen LogP contribution is 2.43. The summed E-state index contributed by atoms with van der Waals surface area (Å²) in [5, 5.41) is 3.39. The number of nitrogens with zero attached hydrogens (tertiary/aromatic N) is 1. The van der Waals surface area contributed by atoms with E-state index in [0.29, 0.717) is 33.7 Å². The molecule has 2 bridgehead atoms. The van der Waals surface area contributed by atoms with Crippen LogP contribution in [0.1, 0.15) is 82.5 Å². The van der Waals surface area contributed by atoms with Crippen LogP contribution in [0.5, 0.6) is 5.75 Å². The van der Waals surface area contributed by atoms with Gasteiger partial charge in [0.15, 0.2) is 4.90 Å². The zero-order valence-corrected chi connectivity index (χ0v) is 20.4. The summed E-state index contributed by atoms with van der Waals surface area (Å²) in [4.78, 5) is 16.5. The molecule has 1 aromatic rings. The van der Waals surface area contributed by atoms with Gasteiger partial charge in [-0.05, 0) is 62.5 Å². The quantitative estimate of drug-likeness (QED) is 0.316. The van der Waals surface area contributed by atoms with Gasteiger partial charge in [0.05, 0.1) is 24.0 Å². The smallest absolute Gasteiger partial charge is 0.256 e. The van der Waals surface area contributed by atoms with E-state index in [0.717, 1.165) is 44.6 Å². The first kappa shape index (κ1) is 24.2. The van der Waals surface area contributed by atoms with E-state index in [9.17, 15) is 9.35 Å². The van der Waals surface area contributed by atoms with Crippen molar-refractivity contribution < 1.29 is 14.1 Å². The van der Waals surface area contributed by atoms with E-state index in [2.05, 4.69) is 24.1 Å². The van der Waals surface area contributed by atoms with Gasteiger partial charge in [0.2, 0.25) is 0 Å². The predicted molar refractivity (Wildman–Crippen MR) is 127 cm³/mol. The van der Waals surface area contributed by atoms with Crippen molar-refractivity contribution in [2.75, 3.05) is 25.1 Å². The number of carbonyl (C=O) groups is 1. The Labute approximate surface area is 190 Å². The molecule has 3 N–H and O–H groups in total. The number of ether oxygens (including phenoxy) is 1. The predicted octanol–water partition coefficient (Wildman–Crippen LogP) is 4.31. The average Bonchev–Trinajstić information content (AvgIpc) is 2.92. The second kappa shape index (κ2) is 10.5. The van der Waals surface area contributed by atoms with Crippen molar-refractivity contribution in [2.24, 2.45) is 5.92 Å². The maximum Gasteiger partial charge on any atom is 0.256 e. The van der Waals surface area contributed by atoms with Crippen molar-refractivity contribution in [3.05, 3.63) is 17.7 Å². The SMILES string of the molecule is CC[S+]([O-])c1cc(C(=O)NC23CCCC(CC2)N3CCCCC(C)C)c(OC)cc1N. The van der Waals surface area contributed by atoms with E-state index < -0.39 is 11.2 Å². The Kier molecular flexibility index (Phi) is 8.16. The monoisotopic (exact) mass is 449 g/mol. The van der Waals surface area contributed by atoms with Crippen LogP contribution in [0.3, 0.4) is 0 Å². The third kappa shape index (κ3) is 5.32. The number of anilines is 1. The standard InChI is InChI=1S/C24H39N3O3S/c1-5-31(29)22-15-19(21(30-4)16-20(22)25)23(28)26-24-12-8-10-18(11-13-24)27(24)14-7-6-9-17(2)3/h15-18H,5-14,25H2,1-4H3,(H,26,28). The van der Waals surface area contributed by atoms with Crippen LogP contribution in [0.2, 0.25) is 0 Å². The first-order valence-corrected chi connectivity index (χ1v) is 13.1. The number of hydrogen-bond acceptors (Lipinski definition) is 5. The van der Waals surface area contributed by atoms with Crippen LogP contribution < -0.4 is 15.8 Å². The van der Waals surface area contributed by atoms with Crippen LogP contribution in [-0.2, 0) is 11.2 Å². The number of unbranched alkanes of at least 4 members (excludes halogenated alkanes) is 1. The minimum Gasteiger partial charge on any atom is -0.611 e. The Morgan fingerprint density at radius 3 is 2.81 bits per heavy atom. The Morgan fingerprint density at radius 1 is 1.35 bits per heavy atom. The molecule has 1 amide bonds. The van der Waals surface area contributed by atoms with Crippen LogP contribution >= 0.6 is 0 Å². The highest BCUT2D eigenvalue weighted by atomic mass is 32.2. The Morgan fingerprint density at radius 2 is 2.13 bits per heavy atom. The molecule has 7 heteroatoms. The molecule has 31 heavy (non-hydrogen) atoms. The van der Waals surface area contributed by atoms with Crippen molar-refractivity contribution in [1.82, 2.24) is 10.2 Å². The van der Waals surface area contributed by atoms with E-state index in [1.807, 2.05) is 6.92 Å². The third-order valence-electron chi connectivity index (χ3n) is 6.87. The number of amides is 1. The number of piperidine rings is 1. The first-order chi connectivity index (χ1) is 14.8. The second-order valence-electron chi connectivity index (χ2n) is 9.38. The summed E-state index contributed by atoms with van der Waals surface area (Å²) in [7, 11) is 1.54. The number of carbonyl (C=O) groups excluding carboxylic acids is 1. The maximum atomic E-state index is 13.5. The Hall–Kier alpha value is -1.44. The van der Waals surface area contributed by atoms with Gasteiger partial charge in [-0.2, -0.15) is 0 Å². The number of nitrogens with one attached hydrogen (secondary N) is 1. The summed E-state index contributed by atoms with van der Waals surface area (Å²) in [6.07, 6.45) is 9.08. The number of rotatable bonds is 10. The van der Waals surface area contributed by atoms with E-state index >= 15 is 0 Å². The highest BCUT2D eigenvalue weighted by molar-refractivity contribution is 7.91. The van der Waals surface area contributed by atoms with Crippen molar-refractivity contribution >= 4 is 22.8 Å². The molecule has 2 heterocycles. The van der Waals surface area contributed by atoms with Gasteiger partial charge in [-0.15, -0.1) is 0 Å². The van der Waals surface area contributed by atoms with Gasteiger partial charge in [0.1, 0.15) is 11.5 Å². The molecular formula is C24H39N3O3S. The van der Waals surface area contributed by atoms with E-state index in [1.54, 1.807) is 12.1 Å². The van der Waals surface area contributed by atoms with Crippen LogP contribution in [-0.4, -0.2) is 46.5 Å². The number of benzene rings is 1. The minimum atomic E-state index is -1.24. The first-order valence-electron chi connectivity index (χ1n) is 11.8. The molecule has 1 aromatic carbocycles. The van der Waals surface area contributed by atoms with Gasteiger partial charge in [-0.3, -0.25) is 9.69 Å². The number of fused-ring (bicyclic) bond motifs is 2. The molecule has 3 unspecified atom stereocenters. The van der Waals surface area contributed by atoms with Gasteiger partial charge in [0, 0.05) is 24.7 Å². The lowest BCUT2D eigenvalue weighted by Crippen LogP contribution is -2.61.